The molecule has 1 aromatic heterocycles. The molecule has 0 saturated carbocycles. The number of aliphatic imine (C=N–C) groups is 1. The van der Waals surface area contributed by atoms with Crippen molar-refractivity contribution in [3.05, 3.63) is 23.7 Å². The molecule has 2 aliphatic rings. The van der Waals surface area contributed by atoms with Gasteiger partial charge in [0.1, 0.15) is 11.8 Å². The first-order chi connectivity index (χ1) is 9.29. The maximum absolute atomic E-state index is 12.6. The predicted octanol–water partition coefficient (Wildman–Crippen LogP) is 1.07. The van der Waals surface area contributed by atoms with Crippen LogP contribution in [0.4, 0.5) is 0 Å². The number of hydrogen-bond acceptors (Lipinski definition) is 5. The number of thioether (sulfide) groups is 1. The Morgan fingerprint density at radius 1 is 1.63 bits per heavy atom. The molecule has 0 bridgehead atoms. The van der Waals surface area contributed by atoms with Crippen LogP contribution in [0.5, 0.6) is 0 Å². The molecule has 1 N–H and O–H groups in total. The van der Waals surface area contributed by atoms with Crippen LogP contribution in [-0.2, 0) is 11.2 Å². The third-order valence-corrected chi connectivity index (χ3v) is 4.46. The lowest BCUT2D eigenvalue weighted by Gasteiger charge is -2.25. The first-order valence-electron chi connectivity index (χ1n) is 6.45. The third kappa shape index (κ3) is 2.42. The molecule has 0 saturated heterocycles. The quantitative estimate of drug-likeness (QED) is 0.899. The number of fused-ring (bicyclic) bond motifs is 1. The molecule has 3 heterocycles. The van der Waals surface area contributed by atoms with Gasteiger partial charge in [0.25, 0.3) is 0 Å². The maximum atomic E-state index is 12.6. The van der Waals surface area contributed by atoms with Gasteiger partial charge in [0, 0.05) is 18.8 Å². The summed E-state index contributed by atoms with van der Waals surface area (Å²) in [5, 5.41) is 3.06. The second-order valence-corrected chi connectivity index (χ2v) is 5.69. The fourth-order valence-corrected chi connectivity index (χ4v) is 3.34. The van der Waals surface area contributed by atoms with Crippen LogP contribution in [0.15, 0.2) is 21.7 Å². The van der Waals surface area contributed by atoms with Crippen molar-refractivity contribution in [2.24, 2.45) is 4.99 Å². The van der Waals surface area contributed by atoms with Crippen molar-refractivity contribution < 1.29 is 9.21 Å². The summed E-state index contributed by atoms with van der Waals surface area (Å²) >= 11 is 1.71. The molecule has 0 spiro atoms. The molecule has 1 amide bonds. The second-order valence-electron chi connectivity index (χ2n) is 4.81. The third-order valence-electron chi connectivity index (χ3n) is 3.61. The van der Waals surface area contributed by atoms with E-state index in [0.29, 0.717) is 6.54 Å². The molecule has 5 nitrogen and oxygen atoms in total. The molecule has 2 unspecified atom stereocenters. The van der Waals surface area contributed by atoms with Crippen LogP contribution < -0.4 is 5.32 Å². The average Bonchev–Trinajstić information content (AvgIpc) is 3.04. The zero-order valence-electron chi connectivity index (χ0n) is 10.8. The lowest BCUT2D eigenvalue weighted by Crippen LogP contribution is -2.42. The predicted molar refractivity (Wildman–Crippen MR) is 75.5 cm³/mol. The minimum atomic E-state index is -0.370. The molecular weight excluding hydrogens is 262 g/mol. The minimum Gasteiger partial charge on any atom is -0.467 e. The number of furan rings is 1. The first kappa shape index (κ1) is 12.7. The fourth-order valence-electron chi connectivity index (χ4n) is 2.58. The molecule has 1 aromatic rings. The smallest absolute Gasteiger partial charge is 0.247 e. The van der Waals surface area contributed by atoms with Crippen LogP contribution in [0.2, 0.25) is 0 Å². The second kappa shape index (κ2) is 5.38. The molecule has 0 radical (unpaired) electrons. The van der Waals surface area contributed by atoms with Crippen molar-refractivity contribution in [2.75, 3.05) is 25.9 Å². The lowest BCUT2D eigenvalue weighted by atomic mass is 10.1. The molecule has 3 rings (SSSR count). The van der Waals surface area contributed by atoms with Crippen molar-refractivity contribution >= 4 is 23.2 Å². The van der Waals surface area contributed by atoms with Crippen LogP contribution in [0.3, 0.4) is 0 Å². The SMILES string of the molecule is CNC1C(=O)N(CC2CSC=N2)CCc2ccoc21. The Hall–Kier alpha value is -1.27. The Labute approximate surface area is 116 Å². The van der Waals surface area contributed by atoms with Gasteiger partial charge in [-0.1, -0.05) is 0 Å². The van der Waals surface area contributed by atoms with Crippen LogP contribution in [0, 0.1) is 0 Å². The van der Waals surface area contributed by atoms with Gasteiger partial charge < -0.3 is 14.6 Å². The van der Waals surface area contributed by atoms with E-state index in [1.54, 1.807) is 25.1 Å². The number of nitrogens with zero attached hydrogens (tertiary/aromatic N) is 2. The van der Waals surface area contributed by atoms with Gasteiger partial charge in [-0.3, -0.25) is 9.79 Å². The van der Waals surface area contributed by atoms with E-state index in [1.165, 1.54) is 0 Å². The number of carbonyl (C=O) groups is 1. The highest BCUT2D eigenvalue weighted by Crippen LogP contribution is 2.26. The molecule has 2 aliphatic heterocycles. The zero-order valence-corrected chi connectivity index (χ0v) is 11.7. The van der Waals surface area contributed by atoms with Crippen LogP contribution >= 0.6 is 11.8 Å². The van der Waals surface area contributed by atoms with Crippen molar-refractivity contribution in [1.82, 2.24) is 10.2 Å². The van der Waals surface area contributed by atoms with Gasteiger partial charge in [-0.05, 0) is 25.1 Å². The van der Waals surface area contributed by atoms with Gasteiger partial charge in [0.15, 0.2) is 0 Å². The Kier molecular flexibility index (Phi) is 3.61. The van der Waals surface area contributed by atoms with Gasteiger partial charge in [-0.25, -0.2) is 0 Å². The molecule has 6 heteroatoms. The van der Waals surface area contributed by atoms with Crippen molar-refractivity contribution in [2.45, 2.75) is 18.5 Å². The van der Waals surface area contributed by atoms with E-state index in [2.05, 4.69) is 10.3 Å². The van der Waals surface area contributed by atoms with Crippen LogP contribution in [0.1, 0.15) is 17.4 Å². The van der Waals surface area contributed by atoms with E-state index in [9.17, 15) is 4.79 Å². The average molecular weight is 279 g/mol. The molecular formula is C13H17N3O2S. The van der Waals surface area contributed by atoms with Gasteiger partial charge in [0.05, 0.1) is 17.9 Å². The summed E-state index contributed by atoms with van der Waals surface area (Å²) in [6.45, 7) is 1.44. The topological polar surface area (TPSA) is 57.8 Å². The lowest BCUT2D eigenvalue weighted by molar-refractivity contribution is -0.133. The summed E-state index contributed by atoms with van der Waals surface area (Å²) in [4.78, 5) is 18.9. The van der Waals surface area contributed by atoms with E-state index in [4.69, 9.17) is 4.42 Å². The summed E-state index contributed by atoms with van der Waals surface area (Å²) < 4.78 is 5.48. The normalized spacial score (nSPS) is 26.6. The highest BCUT2D eigenvalue weighted by Gasteiger charge is 2.33. The highest BCUT2D eigenvalue weighted by atomic mass is 32.2. The van der Waals surface area contributed by atoms with Crippen molar-refractivity contribution in [1.29, 1.82) is 0 Å². The van der Waals surface area contributed by atoms with Gasteiger partial charge in [-0.15, -0.1) is 11.8 Å². The molecule has 2 atom stereocenters. The van der Waals surface area contributed by atoms with Crippen LogP contribution in [-0.4, -0.2) is 48.3 Å². The summed E-state index contributed by atoms with van der Waals surface area (Å²) in [5.41, 5.74) is 3.01. The summed E-state index contributed by atoms with van der Waals surface area (Å²) in [6.07, 6.45) is 2.51. The Bertz CT molecular complexity index is 500. The number of hydrogen-bond donors (Lipinski definition) is 1. The summed E-state index contributed by atoms with van der Waals surface area (Å²) in [6, 6.07) is 1.82. The molecule has 0 aliphatic carbocycles. The monoisotopic (exact) mass is 279 g/mol. The van der Waals surface area contributed by atoms with Gasteiger partial charge in [0.2, 0.25) is 5.91 Å². The Morgan fingerprint density at radius 3 is 3.26 bits per heavy atom. The van der Waals surface area contributed by atoms with Crippen LogP contribution in [0.25, 0.3) is 0 Å². The number of likely N-dealkylation sites (N-methyl/N-ethyl adjacent to an activating group) is 1. The van der Waals surface area contributed by atoms with Gasteiger partial charge >= 0.3 is 0 Å². The van der Waals surface area contributed by atoms with E-state index in [0.717, 1.165) is 30.0 Å². The largest absolute Gasteiger partial charge is 0.467 e. The molecule has 0 fully saturated rings. The maximum Gasteiger partial charge on any atom is 0.247 e. The van der Waals surface area contributed by atoms with E-state index in [1.807, 2.05) is 16.5 Å². The molecule has 19 heavy (non-hydrogen) atoms. The summed E-state index contributed by atoms with van der Waals surface area (Å²) in [7, 11) is 1.79. The van der Waals surface area contributed by atoms with E-state index < -0.39 is 0 Å². The Morgan fingerprint density at radius 2 is 2.53 bits per heavy atom. The zero-order chi connectivity index (χ0) is 13.2. The van der Waals surface area contributed by atoms with Gasteiger partial charge in [-0.2, -0.15) is 0 Å². The standard InChI is InChI=1S/C13H17N3O2S/c1-14-11-12-9(3-5-18-12)2-4-16(13(11)17)6-10-7-19-8-15-10/h3,5,8,10-11,14H,2,4,6-7H2,1H3. The fraction of sp³-hybridized carbons (Fsp3) is 0.538. The molecule has 0 aromatic carbocycles. The first-order valence-corrected chi connectivity index (χ1v) is 7.50. The highest BCUT2D eigenvalue weighted by molar-refractivity contribution is 8.12. The number of nitrogens with one attached hydrogen (secondary N) is 1. The van der Waals surface area contributed by atoms with E-state index >= 15 is 0 Å². The number of amides is 1. The number of rotatable bonds is 3. The van der Waals surface area contributed by atoms with Crippen molar-refractivity contribution in [3.8, 4) is 0 Å². The molecule has 102 valence electrons. The van der Waals surface area contributed by atoms with E-state index in [-0.39, 0.29) is 18.0 Å². The van der Waals surface area contributed by atoms with Crippen molar-refractivity contribution in [3.63, 3.8) is 0 Å². The Balaban J connectivity index is 1.79. The summed E-state index contributed by atoms with van der Waals surface area (Å²) in [5.74, 6) is 1.82. The number of carbonyl (C=O) groups excluding carboxylic acids is 1. The minimum absolute atomic E-state index is 0.0864.